The monoisotopic (exact) mass is 556 g/mol. The van der Waals surface area contributed by atoms with Crippen LogP contribution >= 0.6 is 11.6 Å². The van der Waals surface area contributed by atoms with Gasteiger partial charge >= 0.3 is 6.01 Å². The van der Waals surface area contributed by atoms with E-state index >= 15 is 0 Å². The van der Waals surface area contributed by atoms with Crippen LogP contribution in [0.25, 0.3) is 11.6 Å². The molecule has 0 radical (unpaired) electrons. The number of hydrogen-bond donors (Lipinski definition) is 1. The fourth-order valence-corrected chi connectivity index (χ4v) is 5.74. The van der Waals surface area contributed by atoms with Crippen LogP contribution in [0.1, 0.15) is 49.2 Å². The van der Waals surface area contributed by atoms with E-state index < -0.39 is 5.82 Å². The number of piperazine rings is 1. The van der Waals surface area contributed by atoms with Gasteiger partial charge in [0.25, 0.3) is 11.8 Å². The average molecular weight is 557 g/mol. The zero-order valence-electron chi connectivity index (χ0n) is 22.5. The number of rotatable bonds is 7. The van der Waals surface area contributed by atoms with E-state index in [4.69, 9.17) is 26.0 Å². The van der Waals surface area contributed by atoms with E-state index in [-0.39, 0.29) is 16.5 Å². The molecule has 0 aliphatic carbocycles. The Bertz CT molecular complexity index is 1310. The topological polar surface area (TPSA) is 104 Å². The Labute approximate surface area is 232 Å². The number of amides is 1. The lowest BCUT2D eigenvalue weighted by molar-refractivity contribution is 0.0487. The van der Waals surface area contributed by atoms with Crippen LogP contribution in [0.15, 0.2) is 28.8 Å². The quantitative estimate of drug-likeness (QED) is 0.457. The van der Waals surface area contributed by atoms with Gasteiger partial charge in [0.2, 0.25) is 0 Å². The van der Waals surface area contributed by atoms with Crippen LogP contribution < -0.4 is 10.2 Å². The molecule has 0 unspecified atom stereocenters. The van der Waals surface area contributed by atoms with E-state index in [1.54, 1.807) is 17.2 Å². The first kappa shape index (κ1) is 27.3. The number of aromatic nitrogens is 4. The summed E-state index contributed by atoms with van der Waals surface area (Å²) >= 11 is 5.85. The van der Waals surface area contributed by atoms with Gasteiger partial charge in [-0.15, -0.1) is 5.10 Å². The molecule has 1 atom stereocenters. The molecular weight excluding hydrogens is 523 g/mol. The molecule has 0 spiro atoms. The molecule has 2 saturated heterocycles. The van der Waals surface area contributed by atoms with Crippen LogP contribution in [0.4, 0.5) is 16.2 Å². The van der Waals surface area contributed by atoms with Gasteiger partial charge in [-0.3, -0.25) is 9.69 Å². The molecule has 39 heavy (non-hydrogen) atoms. The summed E-state index contributed by atoms with van der Waals surface area (Å²) in [5.41, 5.74) is 1.45. The van der Waals surface area contributed by atoms with Crippen molar-refractivity contribution in [3.8, 4) is 11.6 Å². The molecule has 4 heterocycles. The van der Waals surface area contributed by atoms with E-state index in [1.807, 2.05) is 13.8 Å². The minimum absolute atomic E-state index is 0.0811. The molecule has 208 valence electrons. The Kier molecular flexibility index (Phi) is 8.27. The highest BCUT2D eigenvalue weighted by molar-refractivity contribution is 6.30. The highest BCUT2D eigenvalue weighted by Crippen LogP contribution is 2.28. The highest BCUT2D eigenvalue weighted by atomic mass is 35.5. The van der Waals surface area contributed by atoms with Gasteiger partial charge in [-0.05, 0) is 51.3 Å². The Morgan fingerprint density at radius 3 is 2.67 bits per heavy atom. The van der Waals surface area contributed by atoms with Gasteiger partial charge in [0.05, 0.1) is 17.5 Å². The first-order chi connectivity index (χ1) is 18.9. The number of hydrogen-bond acceptors (Lipinski definition) is 9. The maximum atomic E-state index is 14.3. The lowest BCUT2D eigenvalue weighted by atomic mass is 9.97. The lowest BCUT2D eigenvalue weighted by Crippen LogP contribution is -2.59. The van der Waals surface area contributed by atoms with E-state index in [1.165, 1.54) is 12.1 Å². The largest absolute Gasteiger partial charge is 0.402 e. The molecule has 2 fully saturated rings. The fourth-order valence-electron chi connectivity index (χ4n) is 5.58. The normalized spacial score (nSPS) is 18.9. The van der Waals surface area contributed by atoms with Crippen LogP contribution in [0.3, 0.4) is 0 Å². The standard InChI is InChI=1S/C27H34ClFN8O2/c1-4-19-16-36(24-17(3)32-23(15-31-24)25-33-34-27(39-25)30-5-2)12-13-37(19)20-8-10-35(11-9-20)26(38)21-7-6-18(28)14-22(21)29/h6-7,14-15,19-20H,4-5,8-13,16H2,1-3H3,(H,30,34)/t19-/m0/s1. The van der Waals surface area contributed by atoms with Crippen molar-refractivity contribution in [3.05, 3.63) is 46.5 Å². The van der Waals surface area contributed by atoms with Gasteiger partial charge in [-0.2, -0.15) is 0 Å². The predicted octanol–water partition coefficient (Wildman–Crippen LogP) is 4.26. The molecule has 12 heteroatoms. The average Bonchev–Trinajstić information content (AvgIpc) is 3.41. The van der Waals surface area contributed by atoms with Crippen molar-refractivity contribution in [2.24, 2.45) is 0 Å². The second-order valence-electron chi connectivity index (χ2n) is 10.0. The lowest BCUT2D eigenvalue weighted by Gasteiger charge is -2.47. The van der Waals surface area contributed by atoms with Crippen LogP contribution in [0, 0.1) is 12.7 Å². The number of likely N-dealkylation sites (tertiary alicyclic amines) is 1. The van der Waals surface area contributed by atoms with E-state index in [9.17, 15) is 9.18 Å². The zero-order valence-corrected chi connectivity index (χ0v) is 23.3. The summed E-state index contributed by atoms with van der Waals surface area (Å²) in [6.45, 7) is 10.6. The summed E-state index contributed by atoms with van der Waals surface area (Å²) in [5.74, 6) is 0.371. The zero-order chi connectivity index (χ0) is 27.5. The number of aryl methyl sites for hydroxylation is 1. The maximum absolute atomic E-state index is 14.3. The third-order valence-electron chi connectivity index (χ3n) is 7.57. The third-order valence-corrected chi connectivity index (χ3v) is 7.81. The molecule has 2 aliphatic heterocycles. The number of carbonyl (C=O) groups is 1. The number of nitrogens with one attached hydrogen (secondary N) is 1. The summed E-state index contributed by atoms with van der Waals surface area (Å²) in [7, 11) is 0. The molecule has 2 aromatic heterocycles. The Morgan fingerprint density at radius 2 is 1.97 bits per heavy atom. The number of nitrogens with zero attached hydrogens (tertiary/aromatic N) is 7. The van der Waals surface area contributed by atoms with Crippen LogP contribution in [0.2, 0.25) is 5.02 Å². The smallest absolute Gasteiger partial charge is 0.315 e. The SMILES string of the molecule is CCNc1nnc(-c2cnc(N3CCN(C4CCN(C(=O)c5ccc(Cl)cc5F)CC4)[C@@H](CC)C3)c(C)n2)o1. The minimum Gasteiger partial charge on any atom is -0.402 e. The van der Waals surface area contributed by atoms with E-state index in [2.05, 4.69) is 32.2 Å². The summed E-state index contributed by atoms with van der Waals surface area (Å²) in [6.07, 6.45) is 4.43. The number of piperidine rings is 1. The molecule has 2 aliphatic rings. The first-order valence-corrected chi connectivity index (χ1v) is 13.9. The van der Waals surface area contributed by atoms with Crippen LogP contribution in [0.5, 0.6) is 0 Å². The molecular formula is C27H34ClFN8O2. The second-order valence-corrected chi connectivity index (χ2v) is 10.4. The van der Waals surface area contributed by atoms with Crippen molar-refractivity contribution >= 4 is 29.3 Å². The molecule has 3 aromatic rings. The maximum Gasteiger partial charge on any atom is 0.315 e. The van der Waals surface area contributed by atoms with Crippen molar-refractivity contribution in [1.82, 2.24) is 30.0 Å². The molecule has 5 rings (SSSR count). The van der Waals surface area contributed by atoms with E-state index in [0.29, 0.717) is 49.3 Å². The summed E-state index contributed by atoms with van der Waals surface area (Å²) in [4.78, 5) is 29.0. The first-order valence-electron chi connectivity index (χ1n) is 13.5. The molecule has 1 amide bonds. The van der Waals surface area contributed by atoms with Crippen molar-refractivity contribution in [3.63, 3.8) is 0 Å². The molecule has 10 nitrogen and oxygen atoms in total. The van der Waals surface area contributed by atoms with E-state index in [0.717, 1.165) is 50.4 Å². The van der Waals surface area contributed by atoms with Crippen LogP contribution in [-0.4, -0.2) is 87.2 Å². The van der Waals surface area contributed by atoms with Gasteiger partial charge in [0.1, 0.15) is 17.3 Å². The second kappa shape index (κ2) is 11.8. The van der Waals surface area contributed by atoms with Gasteiger partial charge in [-0.25, -0.2) is 14.4 Å². The fraction of sp³-hybridized carbons (Fsp3) is 0.519. The molecule has 1 N–H and O–H groups in total. The van der Waals surface area contributed by atoms with Crippen LogP contribution in [-0.2, 0) is 0 Å². The van der Waals surface area contributed by atoms with Gasteiger partial charge in [-0.1, -0.05) is 23.6 Å². The van der Waals surface area contributed by atoms with Gasteiger partial charge in [0.15, 0.2) is 0 Å². The van der Waals surface area contributed by atoms with Gasteiger partial charge in [0, 0.05) is 56.4 Å². The Hall–Kier alpha value is -3.31. The Balaban J connectivity index is 1.20. The Morgan fingerprint density at radius 1 is 1.18 bits per heavy atom. The molecule has 1 aromatic carbocycles. The number of halogens is 2. The molecule has 0 saturated carbocycles. The number of benzene rings is 1. The van der Waals surface area contributed by atoms with Gasteiger partial charge < -0.3 is 19.5 Å². The summed E-state index contributed by atoms with van der Waals surface area (Å²) in [6, 6.07) is 5.33. The molecule has 0 bridgehead atoms. The highest BCUT2D eigenvalue weighted by Gasteiger charge is 2.35. The summed E-state index contributed by atoms with van der Waals surface area (Å²) in [5, 5.41) is 11.3. The van der Waals surface area contributed by atoms with Crippen molar-refractivity contribution in [2.75, 3.05) is 49.5 Å². The number of carbonyl (C=O) groups excluding carboxylic acids is 1. The van der Waals surface area contributed by atoms with Crippen molar-refractivity contribution in [1.29, 1.82) is 0 Å². The van der Waals surface area contributed by atoms with Crippen molar-refractivity contribution < 1.29 is 13.6 Å². The summed E-state index contributed by atoms with van der Waals surface area (Å²) < 4.78 is 19.9. The number of anilines is 2. The third kappa shape index (κ3) is 5.84. The minimum atomic E-state index is -0.571. The predicted molar refractivity (Wildman–Crippen MR) is 148 cm³/mol. The van der Waals surface area contributed by atoms with Crippen molar-refractivity contribution in [2.45, 2.75) is 52.1 Å².